The minimum absolute atomic E-state index is 0.0118. The van der Waals surface area contributed by atoms with Crippen LogP contribution in [0.15, 0.2) is 54.9 Å². The van der Waals surface area contributed by atoms with Gasteiger partial charge in [-0.15, -0.1) is 0 Å². The number of aromatic nitrogens is 3. The summed E-state index contributed by atoms with van der Waals surface area (Å²) in [7, 11) is 0. The van der Waals surface area contributed by atoms with Crippen molar-refractivity contribution in [3.63, 3.8) is 0 Å². The lowest BCUT2D eigenvalue weighted by Gasteiger charge is -2.12. The number of carbonyl (C=O) groups excluding carboxylic acids is 2. The lowest BCUT2D eigenvalue weighted by molar-refractivity contribution is -0.124. The van der Waals surface area contributed by atoms with Crippen molar-refractivity contribution in [1.82, 2.24) is 20.1 Å². The molecule has 8 heteroatoms. The van der Waals surface area contributed by atoms with Gasteiger partial charge in [0.05, 0.1) is 11.9 Å². The summed E-state index contributed by atoms with van der Waals surface area (Å²) in [6.45, 7) is 3.39. The number of nitrogens with zero attached hydrogens (tertiary/aromatic N) is 3. The maximum atomic E-state index is 13.6. The molecule has 1 N–H and O–H groups in total. The predicted octanol–water partition coefficient (Wildman–Crippen LogP) is 3.00. The number of hydrogen-bond acceptors (Lipinski definition) is 5. The van der Waals surface area contributed by atoms with E-state index in [1.54, 1.807) is 41.2 Å². The van der Waals surface area contributed by atoms with Crippen molar-refractivity contribution in [2.75, 3.05) is 6.61 Å². The van der Waals surface area contributed by atoms with Crippen LogP contribution in [0.5, 0.6) is 0 Å². The molecule has 0 unspecified atom stereocenters. The topological polar surface area (TPSA) is 86.1 Å². The predicted molar refractivity (Wildman–Crippen MR) is 104 cm³/mol. The van der Waals surface area contributed by atoms with Crippen molar-refractivity contribution in [3.05, 3.63) is 77.5 Å². The van der Waals surface area contributed by atoms with Crippen molar-refractivity contribution < 1.29 is 18.7 Å². The van der Waals surface area contributed by atoms with Crippen LogP contribution in [0.4, 0.5) is 4.39 Å². The molecule has 3 aromatic rings. The maximum Gasteiger partial charge on any atom is 0.342 e. The summed E-state index contributed by atoms with van der Waals surface area (Å²) in [5.41, 5.74) is 1.26. The smallest absolute Gasteiger partial charge is 0.342 e. The van der Waals surface area contributed by atoms with Gasteiger partial charge in [-0.1, -0.05) is 38.1 Å². The Hall–Kier alpha value is -3.55. The zero-order valence-electron chi connectivity index (χ0n) is 16.1. The molecule has 0 aliphatic heterocycles. The molecule has 3 rings (SSSR count). The van der Waals surface area contributed by atoms with Gasteiger partial charge in [0.25, 0.3) is 5.91 Å². The number of amides is 1. The molecule has 0 fully saturated rings. The second-order valence-corrected chi connectivity index (χ2v) is 6.64. The van der Waals surface area contributed by atoms with Gasteiger partial charge < -0.3 is 10.1 Å². The van der Waals surface area contributed by atoms with Crippen molar-refractivity contribution in [1.29, 1.82) is 0 Å². The third-order valence-electron chi connectivity index (χ3n) is 4.21. The van der Waals surface area contributed by atoms with Gasteiger partial charge in [-0.3, -0.25) is 4.79 Å². The number of ether oxygens (including phenoxy) is 1. The molecule has 1 aromatic carbocycles. The molecular formula is C21H21FN4O3. The molecule has 0 aliphatic carbocycles. The Morgan fingerprint density at radius 2 is 1.93 bits per heavy atom. The van der Waals surface area contributed by atoms with Gasteiger partial charge in [0.1, 0.15) is 11.4 Å². The molecule has 0 bridgehead atoms. The van der Waals surface area contributed by atoms with Crippen LogP contribution >= 0.6 is 0 Å². The largest absolute Gasteiger partial charge is 0.452 e. The first kappa shape index (κ1) is 20.2. The average Bonchev–Trinajstić information content (AvgIpc) is 3.18. The van der Waals surface area contributed by atoms with E-state index in [1.165, 1.54) is 12.3 Å². The van der Waals surface area contributed by atoms with Crippen LogP contribution in [0, 0.1) is 5.82 Å². The molecule has 29 heavy (non-hydrogen) atoms. The summed E-state index contributed by atoms with van der Waals surface area (Å²) >= 11 is 0. The molecule has 0 radical (unpaired) electrons. The van der Waals surface area contributed by atoms with Gasteiger partial charge in [0.2, 0.25) is 0 Å². The van der Waals surface area contributed by atoms with E-state index in [0.29, 0.717) is 17.1 Å². The van der Waals surface area contributed by atoms with Crippen LogP contribution in [0.2, 0.25) is 0 Å². The molecule has 0 atom stereocenters. The van der Waals surface area contributed by atoms with Crippen LogP contribution in [0.1, 0.15) is 41.4 Å². The molecule has 150 valence electrons. The number of nitrogens with one attached hydrogen (secondary N) is 1. The van der Waals surface area contributed by atoms with Gasteiger partial charge in [0, 0.05) is 18.3 Å². The Morgan fingerprint density at radius 1 is 1.17 bits per heavy atom. The van der Waals surface area contributed by atoms with Gasteiger partial charge in [-0.05, 0) is 24.1 Å². The second-order valence-electron chi connectivity index (χ2n) is 6.64. The molecule has 0 saturated carbocycles. The Morgan fingerprint density at radius 3 is 2.62 bits per heavy atom. The van der Waals surface area contributed by atoms with Crippen molar-refractivity contribution in [3.8, 4) is 5.82 Å². The highest BCUT2D eigenvalue weighted by molar-refractivity contribution is 5.92. The molecule has 0 saturated heterocycles. The molecular weight excluding hydrogens is 375 g/mol. The Bertz CT molecular complexity index is 1000. The summed E-state index contributed by atoms with van der Waals surface area (Å²) in [5, 5.41) is 6.78. The molecule has 1 amide bonds. The van der Waals surface area contributed by atoms with Crippen LogP contribution < -0.4 is 5.32 Å². The third kappa shape index (κ3) is 4.84. The molecule has 2 aromatic heterocycles. The number of pyridine rings is 1. The number of benzene rings is 1. The fourth-order valence-electron chi connectivity index (χ4n) is 2.83. The maximum absolute atomic E-state index is 13.6. The fraction of sp³-hybridized carbons (Fsp3) is 0.238. The fourth-order valence-corrected chi connectivity index (χ4v) is 2.83. The Kier molecular flexibility index (Phi) is 6.33. The normalized spacial score (nSPS) is 10.8. The lowest BCUT2D eigenvalue weighted by Crippen LogP contribution is -2.28. The highest BCUT2D eigenvalue weighted by Crippen LogP contribution is 2.22. The summed E-state index contributed by atoms with van der Waals surface area (Å²) in [4.78, 5) is 28.7. The van der Waals surface area contributed by atoms with E-state index in [0.717, 1.165) is 0 Å². The highest BCUT2D eigenvalue weighted by Gasteiger charge is 2.23. The number of esters is 1. The van der Waals surface area contributed by atoms with Crippen LogP contribution in [0.3, 0.4) is 0 Å². The minimum atomic E-state index is -0.656. The lowest BCUT2D eigenvalue weighted by atomic mass is 10.1. The number of hydrogen-bond donors (Lipinski definition) is 1. The van der Waals surface area contributed by atoms with Crippen LogP contribution in [-0.4, -0.2) is 33.2 Å². The zero-order valence-corrected chi connectivity index (χ0v) is 16.1. The van der Waals surface area contributed by atoms with Crippen LogP contribution in [0.25, 0.3) is 5.82 Å². The monoisotopic (exact) mass is 396 g/mol. The summed E-state index contributed by atoms with van der Waals surface area (Å²) in [6.07, 6.45) is 3.04. The van der Waals surface area contributed by atoms with Gasteiger partial charge >= 0.3 is 5.97 Å². The first-order chi connectivity index (χ1) is 14.0. The highest BCUT2D eigenvalue weighted by atomic mass is 19.1. The van der Waals surface area contributed by atoms with Gasteiger partial charge in [-0.25, -0.2) is 18.9 Å². The molecule has 0 spiro atoms. The van der Waals surface area contributed by atoms with E-state index >= 15 is 0 Å². The number of rotatable bonds is 7. The van der Waals surface area contributed by atoms with E-state index in [9.17, 15) is 14.0 Å². The number of carbonyl (C=O) groups is 2. The summed E-state index contributed by atoms with van der Waals surface area (Å²) in [5.74, 6) is -1.04. The van der Waals surface area contributed by atoms with Crippen molar-refractivity contribution in [2.24, 2.45) is 0 Å². The van der Waals surface area contributed by atoms with E-state index < -0.39 is 24.3 Å². The first-order valence-corrected chi connectivity index (χ1v) is 9.14. The molecule has 2 heterocycles. The Labute approximate surface area is 167 Å². The standard InChI is InChI=1S/C21H21FN4O3/c1-14(2)20-16(12-25-26(20)18-9-5-6-10-23-18)21(28)29-13-19(27)24-11-15-7-3-4-8-17(15)22/h3-10,12,14H,11,13H2,1-2H3,(H,24,27). The van der Waals surface area contributed by atoms with Crippen molar-refractivity contribution in [2.45, 2.75) is 26.3 Å². The van der Waals surface area contributed by atoms with Gasteiger partial charge in [-0.2, -0.15) is 5.10 Å². The third-order valence-corrected chi connectivity index (χ3v) is 4.21. The second kappa shape index (κ2) is 9.09. The molecule has 0 aliphatic rings. The van der Waals surface area contributed by atoms with E-state index in [4.69, 9.17) is 4.74 Å². The summed E-state index contributed by atoms with van der Waals surface area (Å²) < 4.78 is 20.3. The summed E-state index contributed by atoms with van der Waals surface area (Å²) in [6, 6.07) is 11.5. The first-order valence-electron chi connectivity index (χ1n) is 9.14. The van der Waals surface area contributed by atoms with E-state index in [-0.39, 0.29) is 18.0 Å². The van der Waals surface area contributed by atoms with Gasteiger partial charge in [0.15, 0.2) is 12.4 Å². The quantitative estimate of drug-likeness (QED) is 0.621. The minimum Gasteiger partial charge on any atom is -0.452 e. The van der Waals surface area contributed by atoms with E-state index in [1.807, 2.05) is 19.9 Å². The van der Waals surface area contributed by atoms with E-state index in [2.05, 4.69) is 15.4 Å². The number of halogens is 1. The zero-order chi connectivity index (χ0) is 20.8. The SMILES string of the molecule is CC(C)c1c(C(=O)OCC(=O)NCc2ccccc2F)cnn1-c1ccccn1. The van der Waals surface area contributed by atoms with Crippen LogP contribution in [-0.2, 0) is 16.1 Å². The molecule has 7 nitrogen and oxygen atoms in total. The average molecular weight is 396 g/mol. The Balaban J connectivity index is 1.64. The van der Waals surface area contributed by atoms with Crippen molar-refractivity contribution >= 4 is 11.9 Å².